The molecular formula is C20H17ClN4O4. The quantitative estimate of drug-likeness (QED) is 0.437. The third-order valence-corrected chi connectivity index (χ3v) is 6.19. The fourth-order valence-corrected chi connectivity index (χ4v) is 4.88. The highest BCUT2D eigenvalue weighted by Gasteiger charge is 2.62. The van der Waals surface area contributed by atoms with Gasteiger partial charge in [-0.25, -0.2) is 14.9 Å². The van der Waals surface area contributed by atoms with Crippen molar-refractivity contribution in [1.29, 1.82) is 0 Å². The largest absolute Gasteiger partial charge is 0.274 e. The molecule has 148 valence electrons. The number of nitro groups is 1. The molecule has 8 nitrogen and oxygen atoms in total. The molecule has 3 aliphatic rings. The first-order valence-electron chi connectivity index (χ1n) is 9.38. The molecule has 3 heterocycles. The average Bonchev–Trinajstić information content (AvgIpc) is 3.35. The molecule has 0 aromatic heterocycles. The summed E-state index contributed by atoms with van der Waals surface area (Å²) in [5.74, 6) is -1.08. The summed E-state index contributed by atoms with van der Waals surface area (Å²) < 4.78 is 0. The molecular weight excluding hydrogens is 396 g/mol. The van der Waals surface area contributed by atoms with Crippen LogP contribution in [0.5, 0.6) is 0 Å². The number of nitrogens with zero attached hydrogens (tertiary/aromatic N) is 4. The zero-order valence-corrected chi connectivity index (χ0v) is 16.0. The van der Waals surface area contributed by atoms with Crippen molar-refractivity contribution in [2.24, 2.45) is 5.92 Å². The van der Waals surface area contributed by atoms with E-state index >= 15 is 0 Å². The van der Waals surface area contributed by atoms with E-state index in [9.17, 15) is 19.7 Å². The first-order chi connectivity index (χ1) is 14.0. The third kappa shape index (κ3) is 2.67. The van der Waals surface area contributed by atoms with E-state index in [1.54, 1.807) is 12.1 Å². The summed E-state index contributed by atoms with van der Waals surface area (Å²) in [5, 5.41) is 15.7. The topological polar surface area (TPSA) is 87.0 Å². The number of imide groups is 1. The fourth-order valence-electron chi connectivity index (χ4n) is 4.75. The van der Waals surface area contributed by atoms with Crippen LogP contribution in [0.1, 0.15) is 18.0 Å². The van der Waals surface area contributed by atoms with Gasteiger partial charge in [-0.15, -0.1) is 0 Å². The minimum Gasteiger partial charge on any atom is -0.274 e. The average molecular weight is 413 g/mol. The number of halogens is 1. The van der Waals surface area contributed by atoms with Gasteiger partial charge in [-0.2, -0.15) is 0 Å². The van der Waals surface area contributed by atoms with Crippen LogP contribution >= 0.6 is 11.6 Å². The molecule has 3 aliphatic heterocycles. The van der Waals surface area contributed by atoms with E-state index in [-0.39, 0.29) is 23.5 Å². The fraction of sp³-hybridized carbons (Fsp3) is 0.300. The van der Waals surface area contributed by atoms with Gasteiger partial charge in [0.05, 0.1) is 22.6 Å². The van der Waals surface area contributed by atoms with Crippen LogP contribution < -0.4 is 4.90 Å². The van der Waals surface area contributed by atoms with Crippen LogP contribution in [0.25, 0.3) is 0 Å². The van der Waals surface area contributed by atoms with Crippen molar-refractivity contribution < 1.29 is 14.5 Å². The van der Waals surface area contributed by atoms with Gasteiger partial charge in [0.2, 0.25) is 5.91 Å². The van der Waals surface area contributed by atoms with Gasteiger partial charge in [0.15, 0.2) is 0 Å². The molecule has 0 saturated carbocycles. The van der Waals surface area contributed by atoms with E-state index in [2.05, 4.69) is 5.01 Å². The molecule has 0 unspecified atom stereocenters. The lowest BCUT2D eigenvalue weighted by atomic mass is 9.90. The highest BCUT2D eigenvalue weighted by molar-refractivity contribution is 6.30. The molecule has 5 rings (SSSR count). The molecule has 0 bridgehead atoms. The van der Waals surface area contributed by atoms with Gasteiger partial charge >= 0.3 is 0 Å². The van der Waals surface area contributed by atoms with E-state index in [0.29, 0.717) is 10.7 Å². The predicted octanol–water partition coefficient (Wildman–Crippen LogP) is 2.78. The van der Waals surface area contributed by atoms with E-state index in [1.165, 1.54) is 29.2 Å². The molecule has 2 amide bonds. The highest BCUT2D eigenvalue weighted by atomic mass is 35.5. The van der Waals surface area contributed by atoms with Crippen LogP contribution in [0.4, 0.5) is 11.4 Å². The Bertz CT molecular complexity index is 1010. The zero-order valence-electron chi connectivity index (χ0n) is 15.3. The van der Waals surface area contributed by atoms with Crippen LogP contribution in [-0.4, -0.2) is 45.9 Å². The van der Waals surface area contributed by atoms with Gasteiger partial charge < -0.3 is 0 Å². The number of benzene rings is 2. The number of rotatable bonds is 3. The molecule has 0 N–H and O–H groups in total. The lowest BCUT2D eigenvalue weighted by Gasteiger charge is -2.29. The maximum absolute atomic E-state index is 13.4. The lowest BCUT2D eigenvalue weighted by molar-refractivity contribution is -0.384. The van der Waals surface area contributed by atoms with Gasteiger partial charge in [-0.05, 0) is 36.2 Å². The standard InChI is InChI=1S/C20H17ClN4O4/c21-13-4-2-12(3-5-13)17-16-18(23-11-1-10-22(17)23)20(27)24(19(16)26)14-6-8-15(9-7-14)25(28)29/h2-9,16-18H,1,10-11H2/t16-,17+,18-/m0/s1. The molecule has 9 heteroatoms. The Hall–Kier alpha value is -2.81. The minimum atomic E-state index is -0.555. The number of nitro benzene ring substituents is 1. The van der Waals surface area contributed by atoms with Crippen LogP contribution in [0.3, 0.4) is 0 Å². The summed E-state index contributed by atoms with van der Waals surface area (Å²) in [6.07, 6.45) is 0.923. The van der Waals surface area contributed by atoms with Gasteiger partial charge in [0.1, 0.15) is 6.04 Å². The molecule has 0 radical (unpaired) electrons. The summed E-state index contributed by atoms with van der Waals surface area (Å²) in [6.45, 7) is 1.51. The third-order valence-electron chi connectivity index (χ3n) is 5.94. The summed E-state index contributed by atoms with van der Waals surface area (Å²) in [5.41, 5.74) is 1.22. The van der Waals surface area contributed by atoms with Crippen molar-refractivity contribution in [3.63, 3.8) is 0 Å². The normalized spacial score (nSPS) is 26.8. The van der Waals surface area contributed by atoms with Crippen molar-refractivity contribution in [1.82, 2.24) is 10.0 Å². The molecule has 3 atom stereocenters. The first kappa shape index (κ1) is 18.2. The van der Waals surface area contributed by atoms with Crippen molar-refractivity contribution in [2.75, 3.05) is 18.0 Å². The van der Waals surface area contributed by atoms with Crippen LogP contribution in [0.2, 0.25) is 5.02 Å². The Morgan fingerprint density at radius 1 is 0.897 bits per heavy atom. The number of non-ortho nitro benzene ring substituents is 1. The number of carbonyl (C=O) groups excluding carboxylic acids is 2. The number of hydrogen-bond acceptors (Lipinski definition) is 6. The smallest absolute Gasteiger partial charge is 0.269 e. The van der Waals surface area contributed by atoms with E-state index in [0.717, 1.165) is 25.1 Å². The van der Waals surface area contributed by atoms with E-state index in [4.69, 9.17) is 11.6 Å². The monoisotopic (exact) mass is 412 g/mol. The Labute approximate surface area is 171 Å². The maximum atomic E-state index is 13.4. The second-order valence-electron chi connectivity index (χ2n) is 7.43. The van der Waals surface area contributed by atoms with Crippen molar-refractivity contribution >= 4 is 34.8 Å². The van der Waals surface area contributed by atoms with Crippen molar-refractivity contribution in [3.8, 4) is 0 Å². The van der Waals surface area contributed by atoms with Crippen molar-refractivity contribution in [2.45, 2.75) is 18.5 Å². The highest BCUT2D eigenvalue weighted by Crippen LogP contribution is 2.49. The second-order valence-corrected chi connectivity index (χ2v) is 7.87. The molecule has 3 saturated heterocycles. The second kappa shape index (κ2) is 6.62. The number of carbonyl (C=O) groups is 2. The molecule has 2 aromatic rings. The Kier molecular flexibility index (Phi) is 4.16. The first-order valence-corrected chi connectivity index (χ1v) is 9.76. The number of amides is 2. The van der Waals surface area contributed by atoms with E-state index in [1.807, 2.05) is 17.1 Å². The molecule has 2 aromatic carbocycles. The lowest BCUT2D eigenvalue weighted by Crippen LogP contribution is -2.44. The molecule has 29 heavy (non-hydrogen) atoms. The summed E-state index contributed by atoms with van der Waals surface area (Å²) in [4.78, 5) is 38.2. The number of fused-ring (bicyclic) bond motifs is 3. The van der Waals surface area contributed by atoms with Crippen LogP contribution in [0, 0.1) is 16.0 Å². The van der Waals surface area contributed by atoms with Gasteiger partial charge in [-0.1, -0.05) is 23.7 Å². The summed E-state index contributed by atoms with van der Waals surface area (Å²) >= 11 is 6.03. The number of hydrazine groups is 1. The van der Waals surface area contributed by atoms with Crippen LogP contribution in [-0.2, 0) is 9.59 Å². The zero-order chi connectivity index (χ0) is 20.3. The molecule has 0 spiro atoms. The summed E-state index contributed by atoms with van der Waals surface area (Å²) in [6, 6.07) is 12.1. The minimum absolute atomic E-state index is 0.0854. The number of hydrogen-bond donors (Lipinski definition) is 0. The maximum Gasteiger partial charge on any atom is 0.269 e. The Balaban J connectivity index is 1.54. The Morgan fingerprint density at radius 3 is 2.14 bits per heavy atom. The number of anilines is 1. The van der Waals surface area contributed by atoms with Gasteiger partial charge in [-0.3, -0.25) is 19.7 Å². The SMILES string of the molecule is O=C1[C@@H]2[C@@H](C(=O)N1c1ccc([N+](=O)[O-])cc1)N1CCCN1[C@@H]2c1ccc(Cl)cc1. The molecule has 0 aliphatic carbocycles. The Morgan fingerprint density at radius 2 is 1.52 bits per heavy atom. The molecule has 3 fully saturated rings. The van der Waals surface area contributed by atoms with Crippen molar-refractivity contribution in [3.05, 3.63) is 69.2 Å². The predicted molar refractivity (Wildman–Crippen MR) is 105 cm³/mol. The van der Waals surface area contributed by atoms with Crippen LogP contribution in [0.15, 0.2) is 48.5 Å². The van der Waals surface area contributed by atoms with E-state index < -0.39 is 16.9 Å². The van der Waals surface area contributed by atoms with Gasteiger partial charge in [0.25, 0.3) is 11.6 Å². The van der Waals surface area contributed by atoms with Gasteiger partial charge in [0, 0.05) is 30.2 Å². The summed E-state index contributed by atoms with van der Waals surface area (Å²) in [7, 11) is 0.